The zero-order valence-electron chi connectivity index (χ0n) is 14.5. The first kappa shape index (κ1) is 15.4. The molecule has 0 radical (unpaired) electrons. The predicted octanol–water partition coefficient (Wildman–Crippen LogP) is 4.45. The van der Waals surface area contributed by atoms with Crippen LogP contribution in [0.3, 0.4) is 0 Å². The van der Waals surface area contributed by atoms with Crippen LogP contribution < -0.4 is 5.32 Å². The number of carbonyl (C=O) groups excluding carboxylic acids is 1. The number of nitrogens with one attached hydrogen (secondary N) is 1. The average molecular weight is 319 g/mol. The number of hydrogen-bond acceptors (Lipinski definition) is 1. The molecule has 2 atom stereocenters. The summed E-state index contributed by atoms with van der Waals surface area (Å²) >= 11 is 0. The van der Waals surface area contributed by atoms with Gasteiger partial charge in [0.15, 0.2) is 0 Å². The fourth-order valence-corrected chi connectivity index (χ4v) is 4.55. The van der Waals surface area contributed by atoms with E-state index in [-0.39, 0.29) is 11.8 Å². The molecule has 24 heavy (non-hydrogen) atoms. The number of hydrogen-bond donors (Lipinski definition) is 1. The first-order valence-corrected chi connectivity index (χ1v) is 9.16. The molecule has 2 aromatic rings. The first-order chi connectivity index (χ1) is 11.7. The topological polar surface area (TPSA) is 29.1 Å². The van der Waals surface area contributed by atoms with E-state index in [0.29, 0.717) is 17.8 Å². The third kappa shape index (κ3) is 2.36. The van der Waals surface area contributed by atoms with Crippen molar-refractivity contribution in [3.8, 4) is 0 Å². The lowest BCUT2D eigenvalue weighted by molar-refractivity contribution is -0.124. The minimum Gasteiger partial charge on any atom is -0.356 e. The zero-order valence-corrected chi connectivity index (χ0v) is 14.5. The number of fused-ring (bicyclic) bond motifs is 1. The van der Waals surface area contributed by atoms with Gasteiger partial charge >= 0.3 is 0 Å². The summed E-state index contributed by atoms with van der Waals surface area (Å²) in [6, 6.07) is 17.8. The summed E-state index contributed by atoms with van der Waals surface area (Å²) in [7, 11) is 0. The van der Waals surface area contributed by atoms with Crippen molar-refractivity contribution >= 4 is 5.91 Å². The van der Waals surface area contributed by atoms with Gasteiger partial charge in [0.1, 0.15) is 0 Å². The van der Waals surface area contributed by atoms with Crippen molar-refractivity contribution in [3.63, 3.8) is 0 Å². The molecule has 2 aromatic carbocycles. The van der Waals surface area contributed by atoms with E-state index >= 15 is 0 Å². The van der Waals surface area contributed by atoms with Crippen LogP contribution in [0.5, 0.6) is 0 Å². The number of rotatable bonds is 4. The maximum absolute atomic E-state index is 12.2. The van der Waals surface area contributed by atoms with Crippen molar-refractivity contribution in [2.75, 3.05) is 6.54 Å². The second-order valence-corrected chi connectivity index (χ2v) is 7.34. The Kier molecular flexibility index (Phi) is 3.91. The Hall–Kier alpha value is -2.09. The number of carbonyl (C=O) groups is 1. The van der Waals surface area contributed by atoms with Gasteiger partial charge < -0.3 is 5.32 Å². The summed E-state index contributed by atoms with van der Waals surface area (Å²) in [5.41, 5.74) is 5.92. The van der Waals surface area contributed by atoms with Crippen molar-refractivity contribution in [2.45, 2.75) is 38.5 Å². The van der Waals surface area contributed by atoms with Gasteiger partial charge in [0, 0.05) is 24.3 Å². The normalized spacial score (nSPS) is 24.8. The summed E-state index contributed by atoms with van der Waals surface area (Å²) < 4.78 is 0. The Morgan fingerprint density at radius 3 is 2.12 bits per heavy atom. The van der Waals surface area contributed by atoms with E-state index in [1.165, 1.54) is 22.3 Å². The van der Waals surface area contributed by atoms with E-state index in [9.17, 15) is 4.79 Å². The third-order valence-electron chi connectivity index (χ3n) is 6.02. The molecule has 0 aromatic heterocycles. The first-order valence-electron chi connectivity index (χ1n) is 9.16. The van der Waals surface area contributed by atoms with E-state index in [0.717, 1.165) is 19.4 Å². The second-order valence-electron chi connectivity index (χ2n) is 7.34. The zero-order chi connectivity index (χ0) is 16.7. The number of amides is 1. The molecule has 0 spiro atoms. The molecule has 2 nitrogen and oxygen atoms in total. The molecular formula is C22H25NO. The minimum atomic E-state index is 0.102. The molecule has 0 fully saturated rings. The van der Waals surface area contributed by atoms with Crippen molar-refractivity contribution in [3.05, 3.63) is 70.8 Å². The predicted molar refractivity (Wildman–Crippen MR) is 97.1 cm³/mol. The molecule has 0 aliphatic heterocycles. The molecule has 3 aliphatic rings. The Morgan fingerprint density at radius 1 is 1.04 bits per heavy atom. The van der Waals surface area contributed by atoms with E-state index in [4.69, 9.17) is 0 Å². The lowest BCUT2D eigenvalue weighted by Gasteiger charge is -2.45. The van der Waals surface area contributed by atoms with Crippen LogP contribution in [0, 0.1) is 11.8 Å². The van der Waals surface area contributed by atoms with Crippen LogP contribution in [0.25, 0.3) is 0 Å². The molecular weight excluding hydrogens is 294 g/mol. The van der Waals surface area contributed by atoms with Crippen molar-refractivity contribution in [2.24, 2.45) is 11.8 Å². The molecule has 0 saturated carbocycles. The number of benzene rings is 2. The molecule has 0 saturated heterocycles. The van der Waals surface area contributed by atoms with Crippen LogP contribution in [0.2, 0.25) is 0 Å². The lowest BCUT2D eigenvalue weighted by atomic mass is 9.59. The van der Waals surface area contributed by atoms with Crippen molar-refractivity contribution in [1.29, 1.82) is 0 Å². The molecule has 2 bridgehead atoms. The maximum Gasteiger partial charge on any atom is 0.222 e. The molecule has 1 amide bonds. The molecule has 2 unspecified atom stereocenters. The van der Waals surface area contributed by atoms with Gasteiger partial charge in [-0.3, -0.25) is 4.79 Å². The molecule has 5 rings (SSSR count). The van der Waals surface area contributed by atoms with E-state index in [2.05, 4.69) is 60.8 Å². The fraction of sp³-hybridized carbons (Fsp3) is 0.409. The van der Waals surface area contributed by atoms with Crippen LogP contribution in [0.1, 0.15) is 60.8 Å². The van der Waals surface area contributed by atoms with Gasteiger partial charge in [-0.05, 0) is 41.0 Å². The van der Waals surface area contributed by atoms with Gasteiger partial charge in [-0.1, -0.05) is 62.4 Å². The quantitative estimate of drug-likeness (QED) is 0.886. The summed E-state index contributed by atoms with van der Waals surface area (Å²) in [5, 5.41) is 3.21. The molecule has 1 N–H and O–H groups in total. The van der Waals surface area contributed by atoms with E-state index in [1.54, 1.807) is 0 Å². The molecule has 124 valence electrons. The highest BCUT2D eigenvalue weighted by Gasteiger charge is 2.42. The highest BCUT2D eigenvalue weighted by Crippen LogP contribution is 2.55. The Morgan fingerprint density at radius 2 is 1.58 bits per heavy atom. The molecule has 2 heteroatoms. The fourth-order valence-electron chi connectivity index (χ4n) is 4.55. The van der Waals surface area contributed by atoms with Gasteiger partial charge in [-0.2, -0.15) is 0 Å². The summed E-state index contributed by atoms with van der Waals surface area (Å²) in [6.07, 6.45) is 2.04. The highest BCUT2D eigenvalue weighted by atomic mass is 16.1. The maximum atomic E-state index is 12.2. The molecule has 0 heterocycles. The van der Waals surface area contributed by atoms with Gasteiger partial charge in [0.2, 0.25) is 5.91 Å². The van der Waals surface area contributed by atoms with E-state index < -0.39 is 0 Å². The lowest BCUT2D eigenvalue weighted by Crippen LogP contribution is -2.40. The SMILES string of the molecule is CCC(C)C(=O)NCC1CC2c3ccccc3C1c1ccccc12. The highest BCUT2D eigenvalue weighted by molar-refractivity contribution is 5.78. The smallest absolute Gasteiger partial charge is 0.222 e. The van der Waals surface area contributed by atoms with Gasteiger partial charge in [-0.15, -0.1) is 0 Å². The van der Waals surface area contributed by atoms with Crippen LogP contribution >= 0.6 is 0 Å². The van der Waals surface area contributed by atoms with Crippen LogP contribution in [0.15, 0.2) is 48.5 Å². The summed E-state index contributed by atoms with van der Waals surface area (Å²) in [6.45, 7) is 4.86. The minimum absolute atomic E-state index is 0.102. The van der Waals surface area contributed by atoms with Crippen molar-refractivity contribution < 1.29 is 4.79 Å². The van der Waals surface area contributed by atoms with Crippen LogP contribution in [-0.4, -0.2) is 12.5 Å². The summed E-state index contributed by atoms with van der Waals surface area (Å²) in [5.74, 6) is 1.69. The Labute approximate surface area is 144 Å². The van der Waals surface area contributed by atoms with Crippen LogP contribution in [0.4, 0.5) is 0 Å². The largest absolute Gasteiger partial charge is 0.356 e. The summed E-state index contributed by atoms with van der Waals surface area (Å²) in [4.78, 5) is 12.2. The van der Waals surface area contributed by atoms with Crippen LogP contribution in [-0.2, 0) is 4.79 Å². The second kappa shape index (κ2) is 6.08. The third-order valence-corrected chi connectivity index (χ3v) is 6.02. The standard InChI is InChI=1S/C22H25NO/c1-3-14(2)22(24)23-13-15-12-20-16-8-4-6-10-18(16)21(15)19-11-7-5-9-17(19)20/h4-11,14-15,20-21H,3,12-13H2,1-2H3,(H,23,24). The average Bonchev–Trinajstić information content (AvgIpc) is 2.65. The Balaban J connectivity index is 1.65. The van der Waals surface area contributed by atoms with Crippen molar-refractivity contribution in [1.82, 2.24) is 5.32 Å². The van der Waals surface area contributed by atoms with E-state index in [1.807, 2.05) is 6.92 Å². The van der Waals surface area contributed by atoms with Gasteiger partial charge in [0.25, 0.3) is 0 Å². The Bertz CT molecular complexity index is 719. The van der Waals surface area contributed by atoms with Gasteiger partial charge in [0.05, 0.1) is 0 Å². The van der Waals surface area contributed by atoms with Gasteiger partial charge in [-0.25, -0.2) is 0 Å². The molecule has 3 aliphatic carbocycles. The monoisotopic (exact) mass is 319 g/mol.